The molecule has 0 aliphatic carbocycles. The average Bonchev–Trinajstić information content (AvgIpc) is 2.74. The molecule has 0 aromatic rings. The van der Waals surface area contributed by atoms with E-state index < -0.39 is 15.9 Å². The minimum Gasteiger partial charge on any atom is -0.355 e. The predicted molar refractivity (Wildman–Crippen MR) is 137 cm³/mol. The lowest BCUT2D eigenvalue weighted by Crippen LogP contribution is -2.28. The second kappa shape index (κ2) is 23.3. The Morgan fingerprint density at radius 1 is 0.688 bits per heavy atom. The minimum absolute atomic E-state index is 0.0202. The van der Waals surface area contributed by atoms with Crippen LogP contribution in [0.1, 0.15) is 135 Å². The van der Waals surface area contributed by atoms with Crippen LogP contribution in [0, 0.1) is 0 Å². The first-order valence-corrected chi connectivity index (χ1v) is 14.9. The van der Waals surface area contributed by atoms with Gasteiger partial charge in [-0.05, 0) is 32.1 Å². The Hall–Kier alpha value is -0.880. The Morgan fingerprint density at radius 2 is 1.09 bits per heavy atom. The van der Waals surface area contributed by atoms with Crippen LogP contribution in [-0.4, -0.2) is 31.2 Å². The molecule has 0 aliphatic heterocycles. The molecular weight excluding hydrogens is 422 g/mol. The van der Waals surface area contributed by atoms with Gasteiger partial charge in [0.1, 0.15) is 0 Å². The van der Waals surface area contributed by atoms with Gasteiger partial charge in [-0.3, -0.25) is 9.35 Å². The second-order valence-electron chi connectivity index (χ2n) is 9.09. The van der Waals surface area contributed by atoms with Crippen LogP contribution in [0.3, 0.4) is 0 Å². The number of rotatable bonds is 24. The van der Waals surface area contributed by atoms with Gasteiger partial charge in [-0.15, -0.1) is 0 Å². The van der Waals surface area contributed by atoms with E-state index in [0.29, 0.717) is 6.42 Å². The van der Waals surface area contributed by atoms with Crippen LogP contribution in [0.5, 0.6) is 0 Å². The second-order valence-corrected chi connectivity index (χ2v) is 10.7. The van der Waals surface area contributed by atoms with Gasteiger partial charge < -0.3 is 5.32 Å². The van der Waals surface area contributed by atoms with Gasteiger partial charge in [0.2, 0.25) is 5.91 Å². The molecule has 1 amide bonds. The van der Waals surface area contributed by atoms with E-state index in [1.54, 1.807) is 0 Å². The summed E-state index contributed by atoms with van der Waals surface area (Å²) in [6.45, 7) is 2.25. The highest BCUT2D eigenvalue weighted by Crippen LogP contribution is 2.13. The Morgan fingerprint density at radius 3 is 1.53 bits per heavy atom. The van der Waals surface area contributed by atoms with Crippen LogP contribution in [0.2, 0.25) is 0 Å². The molecule has 0 bridgehead atoms. The van der Waals surface area contributed by atoms with Crippen molar-refractivity contribution in [2.45, 2.75) is 135 Å². The van der Waals surface area contributed by atoms with Crippen molar-refractivity contribution in [2.24, 2.45) is 0 Å². The summed E-state index contributed by atoms with van der Waals surface area (Å²) in [5.41, 5.74) is 0. The van der Waals surface area contributed by atoms with E-state index in [9.17, 15) is 13.2 Å². The van der Waals surface area contributed by atoms with Gasteiger partial charge in [0.15, 0.2) is 0 Å². The van der Waals surface area contributed by atoms with Crippen LogP contribution < -0.4 is 5.32 Å². The fraction of sp³-hybridized carbons (Fsp3) is 0.885. The third kappa shape index (κ3) is 27.2. The van der Waals surface area contributed by atoms with Gasteiger partial charge in [-0.2, -0.15) is 8.42 Å². The third-order valence-electron chi connectivity index (χ3n) is 5.85. The normalized spacial score (nSPS) is 11.9. The van der Waals surface area contributed by atoms with Crippen molar-refractivity contribution in [3.8, 4) is 0 Å². The third-order valence-corrected chi connectivity index (χ3v) is 6.57. The molecule has 0 atom stereocenters. The summed E-state index contributed by atoms with van der Waals surface area (Å²) in [7, 11) is -3.99. The van der Waals surface area contributed by atoms with Crippen LogP contribution in [0.15, 0.2) is 12.2 Å². The zero-order valence-electron chi connectivity index (χ0n) is 20.8. The molecule has 0 spiro atoms. The van der Waals surface area contributed by atoms with Crippen molar-refractivity contribution < 1.29 is 17.8 Å². The standard InChI is InChI=1S/C26H51NO4S/c1-2-3-4-5-6-7-8-9-10-11-12-13-14-15-16-17-18-19-20-21-22-23-26(28)27-24-25-32(29,30)31/h9-10H,2-8,11-25H2,1H3,(H,27,28)(H,29,30,31)/b10-9-. The van der Waals surface area contributed by atoms with Crippen LogP contribution in [0.4, 0.5) is 0 Å². The molecule has 0 saturated carbocycles. The van der Waals surface area contributed by atoms with E-state index in [0.717, 1.165) is 19.3 Å². The molecule has 0 aromatic carbocycles. The van der Waals surface area contributed by atoms with Crippen LogP contribution in [0.25, 0.3) is 0 Å². The fourth-order valence-electron chi connectivity index (χ4n) is 3.82. The summed E-state index contributed by atoms with van der Waals surface area (Å²) in [5.74, 6) is -0.559. The zero-order valence-corrected chi connectivity index (χ0v) is 21.6. The maximum atomic E-state index is 11.5. The Kier molecular flexibility index (Phi) is 22.6. The number of amides is 1. The van der Waals surface area contributed by atoms with E-state index in [1.807, 2.05) is 0 Å². The average molecular weight is 474 g/mol. The smallest absolute Gasteiger partial charge is 0.266 e. The predicted octanol–water partition coefficient (Wildman–Crippen LogP) is 7.37. The lowest BCUT2D eigenvalue weighted by atomic mass is 10.0. The molecule has 0 radical (unpaired) electrons. The highest BCUT2D eigenvalue weighted by molar-refractivity contribution is 7.85. The topological polar surface area (TPSA) is 83.5 Å². The number of hydrogen-bond donors (Lipinski definition) is 2. The van der Waals surface area contributed by atoms with Crippen molar-refractivity contribution in [1.29, 1.82) is 0 Å². The summed E-state index contributed by atoms with van der Waals surface area (Å²) in [6.07, 6.45) is 29.6. The monoisotopic (exact) mass is 473 g/mol. The van der Waals surface area contributed by atoms with Gasteiger partial charge in [-0.25, -0.2) is 0 Å². The summed E-state index contributed by atoms with van der Waals surface area (Å²) in [5, 5.41) is 2.52. The maximum absolute atomic E-state index is 11.5. The van der Waals surface area contributed by atoms with Gasteiger partial charge in [0.05, 0.1) is 5.75 Å². The van der Waals surface area contributed by atoms with Crippen molar-refractivity contribution in [1.82, 2.24) is 5.32 Å². The van der Waals surface area contributed by atoms with E-state index in [4.69, 9.17) is 4.55 Å². The molecule has 190 valence electrons. The molecule has 5 nitrogen and oxygen atoms in total. The highest BCUT2D eigenvalue weighted by Gasteiger charge is 2.06. The number of allylic oxidation sites excluding steroid dienone is 2. The molecule has 32 heavy (non-hydrogen) atoms. The van der Waals surface area contributed by atoms with Crippen molar-refractivity contribution in [2.75, 3.05) is 12.3 Å². The van der Waals surface area contributed by atoms with E-state index in [1.165, 1.54) is 103 Å². The molecule has 0 saturated heterocycles. The SMILES string of the molecule is CCCCCCCC/C=C\CCCCCCCCCCCCCC(=O)NCCS(=O)(=O)O. The molecule has 0 unspecified atom stereocenters. The highest BCUT2D eigenvalue weighted by atomic mass is 32.2. The molecule has 2 N–H and O–H groups in total. The largest absolute Gasteiger partial charge is 0.355 e. The number of carbonyl (C=O) groups excluding carboxylic acids is 1. The molecule has 6 heteroatoms. The lowest BCUT2D eigenvalue weighted by Gasteiger charge is -2.04. The molecule has 0 rings (SSSR count). The minimum atomic E-state index is -3.99. The van der Waals surface area contributed by atoms with E-state index >= 15 is 0 Å². The number of unbranched alkanes of at least 4 members (excludes halogenated alkanes) is 17. The maximum Gasteiger partial charge on any atom is 0.266 e. The van der Waals surface area contributed by atoms with Crippen molar-refractivity contribution >= 4 is 16.0 Å². The van der Waals surface area contributed by atoms with Crippen molar-refractivity contribution in [3.05, 3.63) is 12.2 Å². The Bertz CT molecular complexity index is 546. The molecule has 0 aliphatic rings. The van der Waals surface area contributed by atoms with Gasteiger partial charge in [0.25, 0.3) is 10.1 Å². The van der Waals surface area contributed by atoms with Crippen LogP contribution >= 0.6 is 0 Å². The van der Waals surface area contributed by atoms with Crippen molar-refractivity contribution in [3.63, 3.8) is 0 Å². The van der Waals surface area contributed by atoms with Gasteiger partial charge in [0, 0.05) is 13.0 Å². The molecule has 0 heterocycles. The summed E-state index contributed by atoms with van der Waals surface area (Å²) < 4.78 is 29.7. The molecular formula is C26H51NO4S. The summed E-state index contributed by atoms with van der Waals surface area (Å²) >= 11 is 0. The first-order chi connectivity index (χ1) is 15.5. The molecule has 0 fully saturated rings. The quantitative estimate of drug-likeness (QED) is 0.0870. The Labute approximate surface area is 199 Å². The van der Waals surface area contributed by atoms with E-state index in [-0.39, 0.29) is 12.5 Å². The number of carbonyl (C=O) groups is 1. The number of nitrogens with one attached hydrogen (secondary N) is 1. The molecule has 0 aromatic heterocycles. The first kappa shape index (κ1) is 31.1. The first-order valence-electron chi connectivity index (χ1n) is 13.3. The zero-order chi connectivity index (χ0) is 23.8. The van der Waals surface area contributed by atoms with Crippen LogP contribution in [-0.2, 0) is 14.9 Å². The number of hydrogen-bond acceptors (Lipinski definition) is 3. The Balaban J connectivity index is 3.20. The summed E-state index contributed by atoms with van der Waals surface area (Å²) in [6, 6.07) is 0. The van der Waals surface area contributed by atoms with E-state index in [2.05, 4.69) is 24.4 Å². The van der Waals surface area contributed by atoms with Gasteiger partial charge >= 0.3 is 0 Å². The lowest BCUT2D eigenvalue weighted by molar-refractivity contribution is -0.121. The summed E-state index contributed by atoms with van der Waals surface area (Å²) in [4.78, 5) is 11.5. The fourth-order valence-corrected chi connectivity index (χ4v) is 4.18. The van der Waals surface area contributed by atoms with Gasteiger partial charge in [-0.1, -0.05) is 109 Å².